The monoisotopic (exact) mass is 477 g/mol. The number of halogens is 1. The van der Waals surface area contributed by atoms with Crippen molar-refractivity contribution < 1.29 is 4.74 Å². The van der Waals surface area contributed by atoms with Gasteiger partial charge in [0.05, 0.1) is 40.7 Å². The van der Waals surface area contributed by atoms with E-state index in [1.54, 1.807) is 22.2 Å². The molecule has 0 saturated carbocycles. The highest BCUT2D eigenvalue weighted by Gasteiger charge is 2.15. The van der Waals surface area contributed by atoms with E-state index in [-0.39, 0.29) is 0 Å². The normalized spacial score (nSPS) is 14.8. The average Bonchev–Trinajstić information content (AvgIpc) is 3.44. The molecule has 3 aromatic heterocycles. The Kier molecular flexibility index (Phi) is 5.39. The molecule has 0 bridgehead atoms. The number of ether oxygens (including phenoxy) is 1. The summed E-state index contributed by atoms with van der Waals surface area (Å²) in [5.74, 6) is 0.667. The summed E-state index contributed by atoms with van der Waals surface area (Å²) in [4.78, 5) is 16.0. The Labute approximate surface area is 198 Å². The molecule has 0 radical (unpaired) electrons. The fourth-order valence-corrected chi connectivity index (χ4v) is 5.09. The highest BCUT2D eigenvalue weighted by Crippen LogP contribution is 2.31. The molecule has 1 N–H and O–H groups in total. The highest BCUT2D eigenvalue weighted by atomic mass is 35.5. The van der Waals surface area contributed by atoms with Crippen molar-refractivity contribution in [1.29, 1.82) is 0 Å². The molecule has 6 rings (SSSR count). The molecule has 2 aromatic carbocycles. The lowest BCUT2D eigenvalue weighted by atomic mass is 10.2. The van der Waals surface area contributed by atoms with E-state index in [1.165, 1.54) is 11.9 Å². The van der Waals surface area contributed by atoms with E-state index in [9.17, 15) is 0 Å². The topological polar surface area (TPSA) is 81.0 Å². The molecule has 166 valence electrons. The standard InChI is InChI=1S/C23H20ClN7OS/c24-16-2-1-3-17(11-16)31-22-18(12-27-31)21(25-14-26-22)29-23-28-19-5-4-15(10-20(19)33-23)13-30-6-8-32-9-7-30/h1-5,10-12,14H,6-9,13H2,(H,25,26,28,29). The molecule has 0 unspecified atom stereocenters. The quantitative estimate of drug-likeness (QED) is 0.394. The Hall–Kier alpha value is -3.11. The van der Waals surface area contributed by atoms with Crippen molar-refractivity contribution in [3.63, 3.8) is 0 Å². The first-order valence-electron chi connectivity index (χ1n) is 10.6. The van der Waals surface area contributed by atoms with Crippen LogP contribution in [-0.2, 0) is 11.3 Å². The van der Waals surface area contributed by atoms with Gasteiger partial charge in [-0.05, 0) is 35.9 Å². The average molecular weight is 478 g/mol. The van der Waals surface area contributed by atoms with E-state index < -0.39 is 0 Å². The number of anilines is 2. The van der Waals surface area contributed by atoms with Gasteiger partial charge in [-0.15, -0.1) is 0 Å². The van der Waals surface area contributed by atoms with Crippen molar-refractivity contribution in [3.05, 3.63) is 65.6 Å². The molecule has 1 aliphatic heterocycles. The molecule has 33 heavy (non-hydrogen) atoms. The number of hydrogen-bond acceptors (Lipinski definition) is 8. The van der Waals surface area contributed by atoms with Crippen LogP contribution in [0.1, 0.15) is 5.56 Å². The maximum atomic E-state index is 6.15. The zero-order valence-electron chi connectivity index (χ0n) is 17.6. The van der Waals surface area contributed by atoms with Crippen LogP contribution >= 0.6 is 22.9 Å². The van der Waals surface area contributed by atoms with Crippen molar-refractivity contribution in [2.45, 2.75) is 6.54 Å². The smallest absolute Gasteiger partial charge is 0.189 e. The van der Waals surface area contributed by atoms with Crippen molar-refractivity contribution in [1.82, 2.24) is 29.6 Å². The molecule has 1 saturated heterocycles. The van der Waals surface area contributed by atoms with Crippen molar-refractivity contribution in [3.8, 4) is 5.69 Å². The van der Waals surface area contributed by atoms with Gasteiger partial charge >= 0.3 is 0 Å². The zero-order valence-corrected chi connectivity index (χ0v) is 19.2. The third-order valence-corrected chi connectivity index (χ3v) is 6.78. The van der Waals surface area contributed by atoms with Crippen LogP contribution in [0.25, 0.3) is 26.9 Å². The minimum absolute atomic E-state index is 0.644. The highest BCUT2D eigenvalue weighted by molar-refractivity contribution is 7.22. The molecular formula is C23H20ClN7OS. The van der Waals surface area contributed by atoms with Gasteiger partial charge in [0, 0.05) is 24.7 Å². The molecule has 1 aliphatic rings. The Morgan fingerprint density at radius 2 is 2.00 bits per heavy atom. The fourth-order valence-electron chi connectivity index (χ4n) is 3.98. The van der Waals surface area contributed by atoms with Gasteiger partial charge in [0.1, 0.15) is 12.1 Å². The Bertz CT molecular complexity index is 1440. The number of nitrogens with one attached hydrogen (secondary N) is 1. The predicted octanol–water partition coefficient (Wildman–Crippen LogP) is 4.65. The molecule has 5 aromatic rings. The number of benzene rings is 2. The Balaban J connectivity index is 1.28. The number of thiazole rings is 1. The Morgan fingerprint density at radius 3 is 2.88 bits per heavy atom. The lowest BCUT2D eigenvalue weighted by molar-refractivity contribution is 0.0342. The molecular weight excluding hydrogens is 458 g/mol. The summed E-state index contributed by atoms with van der Waals surface area (Å²) < 4.78 is 8.35. The summed E-state index contributed by atoms with van der Waals surface area (Å²) in [7, 11) is 0. The summed E-state index contributed by atoms with van der Waals surface area (Å²) in [5, 5.41) is 10.1. The number of rotatable bonds is 5. The number of nitrogens with zero attached hydrogens (tertiary/aromatic N) is 6. The third kappa shape index (κ3) is 4.16. The van der Waals surface area contributed by atoms with Crippen LogP contribution in [0.4, 0.5) is 10.9 Å². The summed E-state index contributed by atoms with van der Waals surface area (Å²) in [5.41, 5.74) is 3.79. The maximum absolute atomic E-state index is 6.15. The first-order valence-corrected chi connectivity index (χ1v) is 11.8. The first kappa shape index (κ1) is 20.5. The number of morpholine rings is 1. The minimum atomic E-state index is 0.644. The summed E-state index contributed by atoms with van der Waals surface area (Å²) >= 11 is 7.77. The zero-order chi connectivity index (χ0) is 22.2. The second-order valence-electron chi connectivity index (χ2n) is 7.83. The lowest BCUT2D eigenvalue weighted by Gasteiger charge is -2.26. The minimum Gasteiger partial charge on any atom is -0.379 e. The fraction of sp³-hybridized carbons (Fsp3) is 0.217. The van der Waals surface area contributed by atoms with Gasteiger partial charge in [-0.2, -0.15) is 5.10 Å². The van der Waals surface area contributed by atoms with Gasteiger partial charge in [0.25, 0.3) is 0 Å². The maximum Gasteiger partial charge on any atom is 0.189 e. The second kappa shape index (κ2) is 8.68. The first-order chi connectivity index (χ1) is 16.2. The molecule has 1 fully saturated rings. The van der Waals surface area contributed by atoms with Crippen LogP contribution in [0.15, 0.2) is 55.0 Å². The molecule has 10 heteroatoms. The van der Waals surface area contributed by atoms with Crippen LogP contribution in [0.3, 0.4) is 0 Å². The molecule has 0 aliphatic carbocycles. The molecule has 8 nitrogen and oxygen atoms in total. The summed E-state index contributed by atoms with van der Waals surface area (Å²) in [6.45, 7) is 4.48. The van der Waals surface area contributed by atoms with Crippen molar-refractivity contribution in [2.75, 3.05) is 31.6 Å². The van der Waals surface area contributed by atoms with Gasteiger partial charge in [-0.3, -0.25) is 4.90 Å². The summed E-state index contributed by atoms with van der Waals surface area (Å²) in [6, 6.07) is 14.0. The summed E-state index contributed by atoms with van der Waals surface area (Å²) in [6.07, 6.45) is 3.29. The van der Waals surface area contributed by atoms with Gasteiger partial charge in [0.15, 0.2) is 10.8 Å². The van der Waals surface area contributed by atoms with E-state index in [2.05, 4.69) is 43.5 Å². The Morgan fingerprint density at radius 1 is 1.09 bits per heavy atom. The number of hydrogen-bond donors (Lipinski definition) is 1. The molecule has 4 heterocycles. The third-order valence-electron chi connectivity index (χ3n) is 5.61. The van der Waals surface area contributed by atoms with Gasteiger partial charge in [0.2, 0.25) is 0 Å². The van der Waals surface area contributed by atoms with E-state index in [0.717, 1.165) is 59.3 Å². The van der Waals surface area contributed by atoms with Crippen LogP contribution in [0, 0.1) is 0 Å². The number of aromatic nitrogens is 5. The largest absolute Gasteiger partial charge is 0.379 e. The number of fused-ring (bicyclic) bond motifs is 2. The van der Waals surface area contributed by atoms with E-state index >= 15 is 0 Å². The molecule has 0 amide bonds. The lowest BCUT2D eigenvalue weighted by Crippen LogP contribution is -2.35. The molecule has 0 spiro atoms. The van der Waals surface area contributed by atoms with Crippen LogP contribution in [0.5, 0.6) is 0 Å². The van der Waals surface area contributed by atoms with Gasteiger partial charge in [-0.25, -0.2) is 19.6 Å². The van der Waals surface area contributed by atoms with Crippen LogP contribution < -0.4 is 5.32 Å². The van der Waals surface area contributed by atoms with Crippen molar-refractivity contribution >= 4 is 55.1 Å². The van der Waals surface area contributed by atoms with E-state index in [4.69, 9.17) is 21.3 Å². The van der Waals surface area contributed by atoms with E-state index in [1.807, 2.05) is 24.3 Å². The van der Waals surface area contributed by atoms with E-state index in [0.29, 0.717) is 16.5 Å². The molecule has 0 atom stereocenters. The SMILES string of the molecule is Clc1cccc(-n2ncc3c(Nc4nc5ccc(CN6CCOCC6)cc5s4)ncnc32)c1. The van der Waals surface area contributed by atoms with Crippen LogP contribution in [0.2, 0.25) is 5.02 Å². The van der Waals surface area contributed by atoms with Crippen molar-refractivity contribution in [2.24, 2.45) is 0 Å². The van der Waals surface area contributed by atoms with Gasteiger partial charge in [-0.1, -0.05) is 35.1 Å². The second-order valence-corrected chi connectivity index (χ2v) is 9.30. The van der Waals surface area contributed by atoms with Crippen LogP contribution in [-0.4, -0.2) is 55.9 Å². The van der Waals surface area contributed by atoms with Gasteiger partial charge < -0.3 is 10.1 Å². The predicted molar refractivity (Wildman–Crippen MR) is 131 cm³/mol.